The fourth-order valence-corrected chi connectivity index (χ4v) is 3.28. The molecule has 0 aliphatic carbocycles. The minimum atomic E-state index is -10.1. The molecular weight excluding hydrogens is 411 g/mol. The van der Waals surface area contributed by atoms with Crippen LogP contribution in [0.2, 0.25) is 0 Å². The van der Waals surface area contributed by atoms with Crippen molar-refractivity contribution in [1.29, 1.82) is 0 Å². The van der Waals surface area contributed by atoms with Crippen molar-refractivity contribution in [2.24, 2.45) is 0 Å². The van der Waals surface area contributed by atoms with Crippen LogP contribution in [0.5, 0.6) is 0 Å². The predicted octanol–water partition coefficient (Wildman–Crippen LogP) is 5.10. The van der Waals surface area contributed by atoms with Crippen molar-refractivity contribution in [3.63, 3.8) is 0 Å². The summed E-state index contributed by atoms with van der Waals surface area (Å²) in [5.41, 5.74) is -1.91. The number of amides is 1. The molecule has 1 saturated heterocycles. The van der Waals surface area contributed by atoms with E-state index in [4.69, 9.17) is 9.84 Å². The lowest BCUT2D eigenvalue weighted by atomic mass is 10.1. The maximum absolute atomic E-state index is 13.2. The topological polar surface area (TPSA) is 70.1 Å². The number of carbonyl (C=O) groups is 2. The van der Waals surface area contributed by atoms with E-state index in [9.17, 15) is 29.0 Å². The van der Waals surface area contributed by atoms with Crippen LogP contribution in [0.15, 0.2) is 23.1 Å². The summed E-state index contributed by atoms with van der Waals surface area (Å²) in [6.45, 7) is 5.26. The average molecular weight is 432 g/mol. The molecule has 12 heteroatoms. The predicted molar refractivity (Wildman–Crippen MR) is 94.8 cm³/mol. The molecule has 0 bridgehead atoms. The van der Waals surface area contributed by atoms with Crippen molar-refractivity contribution in [3.8, 4) is 0 Å². The number of carboxylic acid groups (broad SMARTS) is 1. The monoisotopic (exact) mass is 432 g/mol. The first-order valence-electron chi connectivity index (χ1n) is 8.21. The zero-order valence-electron chi connectivity index (χ0n) is 15.4. The number of hydrogen-bond donors (Lipinski definition) is 1. The zero-order chi connectivity index (χ0) is 21.6. The molecule has 0 radical (unpaired) electrons. The van der Waals surface area contributed by atoms with Gasteiger partial charge in [-0.15, -0.1) is 0 Å². The van der Waals surface area contributed by atoms with E-state index in [1.165, 1.54) is 9.80 Å². The molecule has 0 aromatic heterocycles. The smallest absolute Gasteiger partial charge is 0.410 e. The lowest BCUT2D eigenvalue weighted by Crippen LogP contribution is -2.50. The Bertz CT molecular complexity index is 800. The van der Waals surface area contributed by atoms with Gasteiger partial charge in [-0.1, -0.05) is 19.4 Å². The van der Waals surface area contributed by atoms with Crippen LogP contribution < -0.4 is 4.90 Å². The second-order valence-electron chi connectivity index (χ2n) is 7.44. The number of ether oxygens (including phenoxy) is 1. The van der Waals surface area contributed by atoms with Crippen LogP contribution in [0.1, 0.15) is 31.1 Å². The first kappa shape index (κ1) is 22.1. The number of nitrogens with zero attached hydrogens (tertiary/aromatic N) is 2. The molecule has 6 nitrogen and oxygen atoms in total. The number of rotatable bonds is 3. The van der Waals surface area contributed by atoms with Gasteiger partial charge in [-0.3, -0.25) is 0 Å². The summed E-state index contributed by atoms with van der Waals surface area (Å²) in [5.74, 6) is -1.75. The first-order chi connectivity index (χ1) is 12.4. The Labute approximate surface area is 158 Å². The van der Waals surface area contributed by atoms with Crippen molar-refractivity contribution in [3.05, 3.63) is 23.8 Å². The molecule has 160 valence electrons. The Balaban J connectivity index is 2.27. The SMILES string of the molecule is CC(C)(C)OC(=O)N1CCN(c2cc(C(=O)O)cc(S(F)(F)(F)(F)F)c2)CC1. The van der Waals surface area contributed by atoms with Crippen LogP contribution in [0, 0.1) is 0 Å². The number of aromatic carboxylic acids is 1. The number of piperazine rings is 1. The Morgan fingerprint density at radius 2 is 1.54 bits per heavy atom. The summed E-state index contributed by atoms with van der Waals surface area (Å²) in [5, 5.41) is 9.00. The Morgan fingerprint density at radius 1 is 1.00 bits per heavy atom. The molecule has 1 heterocycles. The minimum Gasteiger partial charge on any atom is -0.478 e. The molecule has 1 amide bonds. The van der Waals surface area contributed by atoms with Gasteiger partial charge in [0.15, 0.2) is 0 Å². The molecule has 0 unspecified atom stereocenters. The van der Waals surface area contributed by atoms with E-state index in [1.807, 2.05) is 0 Å². The maximum atomic E-state index is 13.2. The lowest BCUT2D eigenvalue weighted by Gasteiger charge is -2.42. The highest BCUT2D eigenvalue weighted by molar-refractivity contribution is 8.45. The van der Waals surface area contributed by atoms with Gasteiger partial charge in [-0.05, 0) is 39.0 Å². The Kier molecular flexibility index (Phi) is 4.83. The van der Waals surface area contributed by atoms with Gasteiger partial charge < -0.3 is 19.6 Å². The fourth-order valence-electron chi connectivity index (χ4n) is 2.59. The standard InChI is InChI=1S/C16H21F5N2O4S/c1-16(2,3)27-15(26)23-6-4-22(5-7-23)12-8-11(14(24)25)9-13(10-12)28(17,18,19,20)21/h8-10H,4-7H2,1-3H3,(H,24,25). The van der Waals surface area contributed by atoms with Crippen LogP contribution >= 0.6 is 10.2 Å². The number of anilines is 1. The Morgan fingerprint density at radius 3 is 1.96 bits per heavy atom. The van der Waals surface area contributed by atoms with Crippen molar-refractivity contribution >= 4 is 28.0 Å². The molecule has 1 aliphatic heterocycles. The van der Waals surface area contributed by atoms with E-state index < -0.39 is 38.3 Å². The van der Waals surface area contributed by atoms with Crippen LogP contribution in [-0.4, -0.2) is 53.8 Å². The Hall–Kier alpha value is -2.24. The zero-order valence-corrected chi connectivity index (χ0v) is 16.2. The molecule has 1 aromatic carbocycles. The highest BCUT2D eigenvalue weighted by atomic mass is 32.5. The number of benzene rings is 1. The van der Waals surface area contributed by atoms with Crippen LogP contribution in [0.3, 0.4) is 0 Å². The summed E-state index contributed by atoms with van der Waals surface area (Å²) in [6, 6.07) is 1.08. The van der Waals surface area contributed by atoms with Gasteiger partial charge in [0, 0.05) is 31.9 Å². The number of carboxylic acids is 1. The van der Waals surface area contributed by atoms with Gasteiger partial charge in [-0.25, -0.2) is 9.59 Å². The van der Waals surface area contributed by atoms with Gasteiger partial charge in [0.25, 0.3) is 0 Å². The van der Waals surface area contributed by atoms with E-state index in [-0.39, 0.29) is 44.0 Å². The summed E-state index contributed by atoms with van der Waals surface area (Å²) in [7, 11) is -10.1. The summed E-state index contributed by atoms with van der Waals surface area (Å²) in [4.78, 5) is 23.5. The number of hydrogen-bond acceptors (Lipinski definition) is 4. The first-order valence-corrected chi connectivity index (χ1v) is 10.2. The van der Waals surface area contributed by atoms with Gasteiger partial charge in [0.1, 0.15) is 10.5 Å². The van der Waals surface area contributed by atoms with E-state index in [2.05, 4.69) is 0 Å². The maximum Gasteiger partial charge on any atom is 0.410 e. The molecule has 1 aromatic rings. The second-order valence-corrected chi connectivity index (χ2v) is 9.85. The molecule has 2 rings (SSSR count). The molecule has 0 saturated carbocycles. The average Bonchev–Trinajstić information content (AvgIpc) is 2.51. The number of halogens is 5. The van der Waals surface area contributed by atoms with Gasteiger partial charge in [-0.2, -0.15) is 0 Å². The highest BCUT2D eigenvalue weighted by Crippen LogP contribution is 3.02. The third kappa shape index (κ3) is 5.63. The van der Waals surface area contributed by atoms with E-state index in [0.29, 0.717) is 0 Å². The largest absolute Gasteiger partial charge is 0.478 e. The molecule has 1 fully saturated rings. The van der Waals surface area contributed by atoms with Crippen LogP contribution in [-0.2, 0) is 4.74 Å². The highest BCUT2D eigenvalue weighted by Gasteiger charge is 2.65. The molecule has 0 spiro atoms. The molecule has 0 atom stereocenters. The third-order valence-corrected chi connectivity index (χ3v) is 5.01. The van der Waals surface area contributed by atoms with Crippen molar-refractivity contribution in [2.45, 2.75) is 31.3 Å². The number of carbonyl (C=O) groups excluding carboxylic acids is 1. The van der Waals surface area contributed by atoms with Crippen molar-refractivity contribution in [1.82, 2.24) is 4.90 Å². The molecule has 28 heavy (non-hydrogen) atoms. The molecule has 1 aliphatic rings. The van der Waals surface area contributed by atoms with Gasteiger partial charge in [0.05, 0.1) is 5.56 Å². The van der Waals surface area contributed by atoms with Crippen LogP contribution in [0.25, 0.3) is 0 Å². The fraction of sp³-hybridized carbons (Fsp3) is 0.500. The quantitative estimate of drug-likeness (QED) is 0.673. The van der Waals surface area contributed by atoms with Crippen molar-refractivity contribution in [2.75, 3.05) is 31.1 Å². The van der Waals surface area contributed by atoms with Crippen molar-refractivity contribution < 1.29 is 38.9 Å². The molecular formula is C16H21F5N2O4S. The molecule has 1 N–H and O–H groups in total. The normalized spacial score (nSPS) is 18.3. The lowest BCUT2D eigenvalue weighted by molar-refractivity contribution is 0.0240. The van der Waals surface area contributed by atoms with E-state index >= 15 is 0 Å². The summed E-state index contributed by atoms with van der Waals surface area (Å²) < 4.78 is 71.1. The van der Waals surface area contributed by atoms with Crippen LogP contribution in [0.4, 0.5) is 29.9 Å². The van der Waals surface area contributed by atoms with E-state index in [1.54, 1.807) is 20.8 Å². The van der Waals surface area contributed by atoms with Gasteiger partial charge >= 0.3 is 22.3 Å². The van der Waals surface area contributed by atoms with Gasteiger partial charge in [0.2, 0.25) is 0 Å². The third-order valence-electron chi connectivity index (χ3n) is 3.88. The summed E-state index contributed by atoms with van der Waals surface area (Å²) >= 11 is 0. The minimum absolute atomic E-state index is 0.0298. The van der Waals surface area contributed by atoms with E-state index in [0.717, 1.165) is 6.07 Å². The summed E-state index contributed by atoms with van der Waals surface area (Å²) in [6.07, 6.45) is -0.598. The second kappa shape index (κ2) is 6.13.